The summed E-state index contributed by atoms with van der Waals surface area (Å²) in [6.07, 6.45) is 4.53. The first-order valence-electron chi connectivity index (χ1n) is 11.3. The number of fused-ring (bicyclic) bond motifs is 4. The molecule has 4 unspecified atom stereocenters. The summed E-state index contributed by atoms with van der Waals surface area (Å²) in [6, 6.07) is 0. The molecule has 4 bridgehead atoms. The van der Waals surface area contributed by atoms with E-state index in [0.717, 1.165) is 25.7 Å². The van der Waals surface area contributed by atoms with Gasteiger partial charge in [-0.1, -0.05) is 6.58 Å². The lowest BCUT2D eigenvalue weighted by Gasteiger charge is -2.36. The van der Waals surface area contributed by atoms with Crippen molar-refractivity contribution in [2.75, 3.05) is 38.7 Å². The van der Waals surface area contributed by atoms with E-state index in [1.807, 2.05) is 0 Å². The highest BCUT2D eigenvalue weighted by Gasteiger charge is 2.48. The molecule has 0 N–H and O–H groups in total. The molecule has 4 aliphatic rings. The Bertz CT molecular complexity index is 1010. The average Bonchev–Trinajstić information content (AvgIpc) is 3.06. The summed E-state index contributed by atoms with van der Waals surface area (Å²) >= 11 is 0. The molecule has 2 saturated carbocycles. The van der Waals surface area contributed by atoms with Crippen molar-refractivity contribution in [2.24, 2.45) is 23.7 Å². The number of carbonyl (C=O) groups is 2. The van der Waals surface area contributed by atoms with Gasteiger partial charge in [-0.2, -0.15) is 0 Å². The van der Waals surface area contributed by atoms with E-state index in [0.29, 0.717) is 26.2 Å². The van der Waals surface area contributed by atoms with Gasteiger partial charge in [0.15, 0.2) is 0 Å². The molecule has 4 atom stereocenters. The zero-order valence-electron chi connectivity index (χ0n) is 19.0. The molecule has 0 aromatic carbocycles. The zero-order valence-corrected chi connectivity index (χ0v) is 20.6. The number of piperidine rings is 2. The molecular weight excluding hydrogens is 472 g/mol. The summed E-state index contributed by atoms with van der Waals surface area (Å²) < 4.78 is 61.6. The van der Waals surface area contributed by atoms with Gasteiger partial charge in [0.2, 0.25) is 20.0 Å². The van der Waals surface area contributed by atoms with Crippen LogP contribution in [0.4, 0.5) is 0 Å². The van der Waals surface area contributed by atoms with Crippen LogP contribution in [0.1, 0.15) is 32.1 Å². The summed E-state index contributed by atoms with van der Waals surface area (Å²) in [4.78, 5) is 25.1. The Morgan fingerprint density at radius 1 is 0.758 bits per heavy atom. The summed E-state index contributed by atoms with van der Waals surface area (Å²) in [7, 11) is -6.57. The lowest BCUT2D eigenvalue weighted by Crippen LogP contribution is -2.48. The van der Waals surface area contributed by atoms with Crippen molar-refractivity contribution in [3.63, 3.8) is 0 Å². The van der Waals surface area contributed by atoms with Gasteiger partial charge in [-0.15, -0.1) is 0 Å². The Morgan fingerprint density at radius 3 is 1.48 bits per heavy atom. The van der Waals surface area contributed by atoms with Gasteiger partial charge in [-0.05, 0) is 25.7 Å². The highest BCUT2D eigenvalue weighted by atomic mass is 32.2. The first-order valence-corrected chi connectivity index (χ1v) is 15.0. The maximum Gasteiger partial charge on any atom is 0.334 e. The molecule has 0 amide bonds. The maximum atomic E-state index is 12.6. The van der Waals surface area contributed by atoms with Gasteiger partial charge in [0, 0.05) is 55.4 Å². The van der Waals surface area contributed by atoms with E-state index in [9.17, 15) is 26.4 Å². The SMILES string of the molecule is C=C(CC(=O)OC1C2CCC1CN(S(C)(=O)=O)C2)C(=O)OC1C2CCC1CN(S(C)(=O)=O)C2. The molecular formula is C21H32N2O8S2. The van der Waals surface area contributed by atoms with Crippen LogP contribution >= 0.6 is 0 Å². The smallest absolute Gasteiger partial charge is 0.334 e. The Balaban J connectivity index is 1.28. The van der Waals surface area contributed by atoms with Crippen molar-refractivity contribution >= 4 is 32.0 Å². The normalized spacial score (nSPS) is 34.7. The van der Waals surface area contributed by atoms with Crippen LogP contribution in [0.5, 0.6) is 0 Å². The van der Waals surface area contributed by atoms with Gasteiger partial charge >= 0.3 is 11.9 Å². The first-order chi connectivity index (χ1) is 15.3. The van der Waals surface area contributed by atoms with Crippen LogP contribution in [-0.2, 0) is 39.1 Å². The van der Waals surface area contributed by atoms with Crippen molar-refractivity contribution < 1.29 is 35.9 Å². The first kappa shape index (κ1) is 24.6. The highest BCUT2D eigenvalue weighted by Crippen LogP contribution is 2.41. The van der Waals surface area contributed by atoms with E-state index in [-0.39, 0.29) is 47.9 Å². The minimum absolute atomic E-state index is 0.00543. The monoisotopic (exact) mass is 504 g/mol. The molecule has 2 aliphatic carbocycles. The van der Waals surface area contributed by atoms with E-state index in [1.54, 1.807) is 0 Å². The lowest BCUT2D eigenvalue weighted by atomic mass is 9.96. The molecule has 0 radical (unpaired) electrons. The molecule has 12 heteroatoms. The molecule has 2 aliphatic heterocycles. The van der Waals surface area contributed by atoms with E-state index in [2.05, 4.69) is 6.58 Å². The van der Waals surface area contributed by atoms with Gasteiger partial charge in [-0.25, -0.2) is 30.2 Å². The predicted molar refractivity (Wildman–Crippen MR) is 119 cm³/mol. The number of rotatable bonds is 7. The molecule has 4 rings (SSSR count). The fourth-order valence-corrected chi connectivity index (χ4v) is 7.68. The molecule has 0 aromatic heterocycles. The van der Waals surface area contributed by atoms with Crippen molar-refractivity contribution in [3.8, 4) is 0 Å². The Kier molecular flexibility index (Phi) is 6.67. The summed E-state index contributed by atoms with van der Waals surface area (Å²) in [6.45, 7) is 5.04. The van der Waals surface area contributed by atoms with Crippen molar-refractivity contribution in [1.82, 2.24) is 8.61 Å². The molecule has 10 nitrogen and oxygen atoms in total. The number of ether oxygens (including phenoxy) is 2. The van der Waals surface area contributed by atoms with Crippen LogP contribution in [0.2, 0.25) is 0 Å². The van der Waals surface area contributed by atoms with Crippen molar-refractivity contribution in [2.45, 2.75) is 44.3 Å². The van der Waals surface area contributed by atoms with Crippen LogP contribution < -0.4 is 0 Å². The minimum atomic E-state index is -3.29. The quantitative estimate of drug-likeness (QED) is 0.359. The molecule has 0 spiro atoms. The number of hydrogen-bond donors (Lipinski definition) is 0. The summed E-state index contributed by atoms with van der Waals surface area (Å²) in [5.41, 5.74) is 0.00543. The number of carbonyl (C=O) groups excluding carboxylic acids is 2. The standard InChI is InChI=1S/C21H32N2O8S2/c1-13(21(25)31-20-16-6-7-17(20)12-23(11-16)33(3,28)29)8-18(24)30-19-14-4-5-15(19)10-22(9-14)32(2,26)27/h14-17,19-20H,1,4-12H2,2-3H3. The topological polar surface area (TPSA) is 127 Å². The van der Waals surface area contributed by atoms with Gasteiger partial charge in [0.05, 0.1) is 18.9 Å². The minimum Gasteiger partial charge on any atom is -0.461 e. The van der Waals surface area contributed by atoms with Crippen molar-refractivity contribution in [1.29, 1.82) is 0 Å². The molecule has 0 aromatic rings. The van der Waals surface area contributed by atoms with Crippen LogP contribution in [-0.4, -0.2) is 88.3 Å². The second-order valence-electron chi connectivity index (χ2n) is 9.96. The Labute approximate surface area is 195 Å². The van der Waals surface area contributed by atoms with Crippen LogP contribution in [0.25, 0.3) is 0 Å². The third kappa shape index (κ3) is 5.28. The highest BCUT2D eigenvalue weighted by molar-refractivity contribution is 7.88. The van der Waals surface area contributed by atoms with Gasteiger partial charge in [-0.3, -0.25) is 4.79 Å². The van der Waals surface area contributed by atoms with E-state index in [4.69, 9.17) is 9.47 Å². The largest absolute Gasteiger partial charge is 0.461 e. The van der Waals surface area contributed by atoms with Crippen LogP contribution in [0.3, 0.4) is 0 Å². The average molecular weight is 505 g/mol. The van der Waals surface area contributed by atoms with Crippen molar-refractivity contribution in [3.05, 3.63) is 12.2 Å². The van der Waals surface area contributed by atoms with Gasteiger partial charge < -0.3 is 9.47 Å². The zero-order chi connectivity index (χ0) is 24.1. The fraction of sp³-hybridized carbons (Fsp3) is 0.810. The maximum absolute atomic E-state index is 12.6. The summed E-state index contributed by atoms with van der Waals surface area (Å²) in [5.74, 6) is -1.43. The molecule has 2 saturated heterocycles. The van der Waals surface area contributed by atoms with Gasteiger partial charge in [0.25, 0.3) is 0 Å². The molecule has 186 valence electrons. The molecule has 33 heavy (non-hydrogen) atoms. The molecule has 4 fully saturated rings. The Hall–Kier alpha value is -1.50. The Morgan fingerprint density at radius 2 is 1.12 bits per heavy atom. The van der Waals surface area contributed by atoms with Gasteiger partial charge in [0.1, 0.15) is 12.2 Å². The number of nitrogens with zero attached hydrogens (tertiary/aromatic N) is 2. The molecule has 2 heterocycles. The van der Waals surface area contributed by atoms with E-state index >= 15 is 0 Å². The second kappa shape index (κ2) is 8.94. The van der Waals surface area contributed by atoms with Crippen LogP contribution in [0, 0.1) is 23.7 Å². The lowest BCUT2D eigenvalue weighted by molar-refractivity contribution is -0.157. The second-order valence-corrected chi connectivity index (χ2v) is 13.9. The van der Waals surface area contributed by atoms with E-state index < -0.39 is 32.0 Å². The third-order valence-corrected chi connectivity index (χ3v) is 9.99. The summed E-state index contributed by atoms with van der Waals surface area (Å²) in [5, 5.41) is 0. The third-order valence-electron chi connectivity index (χ3n) is 7.52. The number of sulfonamides is 2. The number of hydrogen-bond acceptors (Lipinski definition) is 8. The number of esters is 2. The van der Waals surface area contributed by atoms with E-state index in [1.165, 1.54) is 21.1 Å². The predicted octanol–water partition coefficient (Wildman–Crippen LogP) is 0.359. The fourth-order valence-electron chi connectivity index (χ4n) is 5.83. The van der Waals surface area contributed by atoms with Crippen LogP contribution in [0.15, 0.2) is 12.2 Å².